The Kier molecular flexibility index (Phi) is 4.79. The highest BCUT2D eigenvalue weighted by molar-refractivity contribution is 5.28. The minimum atomic E-state index is -0.251. The molecule has 0 radical (unpaired) electrons. The molecule has 0 fully saturated rings. The highest BCUT2D eigenvalue weighted by Crippen LogP contribution is 2.24. The maximum atomic E-state index is 9.01. The zero-order chi connectivity index (χ0) is 11.3. The first-order chi connectivity index (χ1) is 7.22. The van der Waals surface area contributed by atoms with Gasteiger partial charge in [-0.15, -0.1) is 0 Å². The molecule has 0 aliphatic rings. The average molecular weight is 207 g/mol. The summed E-state index contributed by atoms with van der Waals surface area (Å²) in [6.45, 7) is 4.41. The number of rotatable bonds is 5. The first-order valence-electron chi connectivity index (χ1n) is 5.69. The largest absolute Gasteiger partial charge is 0.394 e. The van der Waals surface area contributed by atoms with Crippen LogP contribution < -0.4 is 5.73 Å². The van der Waals surface area contributed by atoms with Crippen molar-refractivity contribution in [2.45, 2.75) is 38.6 Å². The van der Waals surface area contributed by atoms with Gasteiger partial charge in [-0.2, -0.15) is 0 Å². The molecule has 0 saturated carbocycles. The quantitative estimate of drug-likeness (QED) is 0.779. The van der Waals surface area contributed by atoms with Gasteiger partial charge in [-0.05, 0) is 29.9 Å². The molecule has 15 heavy (non-hydrogen) atoms. The van der Waals surface area contributed by atoms with Crippen LogP contribution in [-0.4, -0.2) is 11.7 Å². The topological polar surface area (TPSA) is 46.2 Å². The smallest absolute Gasteiger partial charge is 0.0624 e. The van der Waals surface area contributed by atoms with Crippen molar-refractivity contribution >= 4 is 0 Å². The van der Waals surface area contributed by atoms with Gasteiger partial charge in [0.15, 0.2) is 0 Å². The summed E-state index contributed by atoms with van der Waals surface area (Å²) in [5.74, 6) is 0.607. The van der Waals surface area contributed by atoms with Crippen LogP contribution in [0.25, 0.3) is 0 Å². The van der Waals surface area contributed by atoms with Crippen molar-refractivity contribution in [2.24, 2.45) is 5.73 Å². The summed E-state index contributed by atoms with van der Waals surface area (Å²) in [5.41, 5.74) is 8.16. The molecule has 3 N–H and O–H groups in total. The first-order valence-corrected chi connectivity index (χ1v) is 5.69. The number of hydrogen-bond donors (Lipinski definition) is 2. The fraction of sp³-hybridized carbons (Fsp3) is 0.538. The predicted molar refractivity (Wildman–Crippen MR) is 63.8 cm³/mol. The first kappa shape index (κ1) is 12.2. The lowest BCUT2D eigenvalue weighted by Crippen LogP contribution is -2.14. The molecular formula is C13H21NO. The number of nitrogens with two attached hydrogens (primary N) is 1. The molecule has 0 aliphatic carbocycles. The van der Waals surface area contributed by atoms with E-state index in [4.69, 9.17) is 10.8 Å². The second-order valence-corrected chi connectivity index (χ2v) is 3.97. The van der Waals surface area contributed by atoms with Crippen LogP contribution in [0.3, 0.4) is 0 Å². The molecular weight excluding hydrogens is 186 g/mol. The zero-order valence-electron chi connectivity index (χ0n) is 9.61. The van der Waals surface area contributed by atoms with Crippen LogP contribution >= 0.6 is 0 Å². The van der Waals surface area contributed by atoms with Gasteiger partial charge in [0.1, 0.15) is 0 Å². The average Bonchev–Trinajstić information content (AvgIpc) is 2.30. The van der Waals surface area contributed by atoms with Crippen LogP contribution in [0.15, 0.2) is 24.3 Å². The van der Waals surface area contributed by atoms with E-state index >= 15 is 0 Å². The third kappa shape index (κ3) is 3.05. The number of benzene rings is 1. The number of aliphatic hydroxyl groups excluding tert-OH is 1. The normalized spacial score (nSPS) is 13.1. The number of hydrogen-bond acceptors (Lipinski definition) is 2. The molecule has 0 aliphatic heterocycles. The molecule has 0 aromatic heterocycles. The van der Waals surface area contributed by atoms with E-state index in [1.165, 1.54) is 5.56 Å². The van der Waals surface area contributed by atoms with Gasteiger partial charge in [0.25, 0.3) is 0 Å². The van der Waals surface area contributed by atoms with Crippen LogP contribution in [-0.2, 0) is 0 Å². The maximum absolute atomic E-state index is 9.01. The number of aliphatic hydroxyl groups is 1. The molecule has 1 atom stereocenters. The summed E-state index contributed by atoms with van der Waals surface area (Å²) in [6, 6.07) is 8.02. The van der Waals surface area contributed by atoms with E-state index in [0.29, 0.717) is 5.92 Å². The summed E-state index contributed by atoms with van der Waals surface area (Å²) in [6.07, 6.45) is 2.29. The van der Waals surface area contributed by atoms with Crippen molar-refractivity contribution < 1.29 is 5.11 Å². The molecule has 0 saturated heterocycles. The van der Waals surface area contributed by atoms with Crippen LogP contribution in [0.4, 0.5) is 0 Å². The fourth-order valence-electron chi connectivity index (χ4n) is 1.91. The highest BCUT2D eigenvalue weighted by Gasteiger charge is 2.09. The van der Waals surface area contributed by atoms with Gasteiger partial charge in [0, 0.05) is 0 Å². The lowest BCUT2D eigenvalue weighted by Gasteiger charge is -2.16. The molecule has 0 amide bonds. The van der Waals surface area contributed by atoms with E-state index in [0.717, 1.165) is 18.4 Å². The molecule has 0 heterocycles. The van der Waals surface area contributed by atoms with Gasteiger partial charge < -0.3 is 10.8 Å². The highest BCUT2D eigenvalue weighted by atomic mass is 16.3. The Hall–Kier alpha value is -0.860. The van der Waals surface area contributed by atoms with Crippen LogP contribution in [0.1, 0.15) is 49.8 Å². The molecule has 0 bridgehead atoms. The molecule has 2 heteroatoms. The Morgan fingerprint density at radius 3 is 2.33 bits per heavy atom. The van der Waals surface area contributed by atoms with Gasteiger partial charge in [0.05, 0.1) is 12.6 Å². The van der Waals surface area contributed by atoms with Crippen molar-refractivity contribution in [3.8, 4) is 0 Å². The molecule has 1 aromatic rings. The van der Waals surface area contributed by atoms with Crippen molar-refractivity contribution in [3.63, 3.8) is 0 Å². The lowest BCUT2D eigenvalue weighted by atomic mass is 9.92. The van der Waals surface area contributed by atoms with Crippen molar-refractivity contribution in [3.05, 3.63) is 35.4 Å². The Morgan fingerprint density at radius 1 is 1.20 bits per heavy atom. The zero-order valence-corrected chi connectivity index (χ0v) is 9.61. The standard InChI is InChI=1S/C13H21NO/c1-3-10(4-2)11-6-5-7-12(8-11)13(14)9-15/h5-8,10,13,15H,3-4,9,14H2,1-2H3. The summed E-state index contributed by atoms with van der Waals surface area (Å²) < 4.78 is 0. The van der Waals surface area contributed by atoms with E-state index in [9.17, 15) is 0 Å². The summed E-state index contributed by atoms with van der Waals surface area (Å²) in [5, 5.41) is 9.01. The molecule has 2 nitrogen and oxygen atoms in total. The maximum Gasteiger partial charge on any atom is 0.0624 e. The Labute approximate surface area is 92.1 Å². The van der Waals surface area contributed by atoms with Crippen LogP contribution in [0.5, 0.6) is 0 Å². The van der Waals surface area contributed by atoms with Gasteiger partial charge in [-0.25, -0.2) is 0 Å². The van der Waals surface area contributed by atoms with Gasteiger partial charge in [-0.3, -0.25) is 0 Å². The second-order valence-electron chi connectivity index (χ2n) is 3.97. The van der Waals surface area contributed by atoms with Crippen molar-refractivity contribution in [1.29, 1.82) is 0 Å². The lowest BCUT2D eigenvalue weighted by molar-refractivity contribution is 0.268. The predicted octanol–water partition coefficient (Wildman–Crippen LogP) is 2.58. The fourth-order valence-corrected chi connectivity index (χ4v) is 1.91. The molecule has 0 spiro atoms. The summed E-state index contributed by atoms with van der Waals surface area (Å²) in [7, 11) is 0. The van der Waals surface area contributed by atoms with E-state index in [2.05, 4.69) is 26.0 Å². The van der Waals surface area contributed by atoms with E-state index in [1.807, 2.05) is 12.1 Å². The molecule has 1 unspecified atom stereocenters. The molecule has 1 rings (SSSR count). The Balaban J connectivity index is 2.91. The van der Waals surface area contributed by atoms with Crippen LogP contribution in [0, 0.1) is 0 Å². The van der Waals surface area contributed by atoms with E-state index in [-0.39, 0.29) is 12.6 Å². The van der Waals surface area contributed by atoms with Crippen LogP contribution in [0.2, 0.25) is 0 Å². The van der Waals surface area contributed by atoms with Gasteiger partial charge >= 0.3 is 0 Å². The summed E-state index contributed by atoms with van der Waals surface area (Å²) >= 11 is 0. The minimum Gasteiger partial charge on any atom is -0.394 e. The summed E-state index contributed by atoms with van der Waals surface area (Å²) in [4.78, 5) is 0. The van der Waals surface area contributed by atoms with Crippen molar-refractivity contribution in [2.75, 3.05) is 6.61 Å². The van der Waals surface area contributed by atoms with E-state index in [1.54, 1.807) is 0 Å². The Morgan fingerprint density at radius 2 is 1.80 bits per heavy atom. The second kappa shape index (κ2) is 5.89. The SMILES string of the molecule is CCC(CC)c1cccc(C(N)CO)c1. The molecule has 1 aromatic carbocycles. The monoisotopic (exact) mass is 207 g/mol. The van der Waals surface area contributed by atoms with Crippen molar-refractivity contribution in [1.82, 2.24) is 0 Å². The third-order valence-corrected chi connectivity index (χ3v) is 2.99. The third-order valence-electron chi connectivity index (χ3n) is 2.99. The minimum absolute atomic E-state index is 0.00632. The van der Waals surface area contributed by atoms with Gasteiger partial charge in [-0.1, -0.05) is 38.1 Å². The Bertz CT molecular complexity index is 294. The van der Waals surface area contributed by atoms with Gasteiger partial charge in [0.2, 0.25) is 0 Å². The molecule has 84 valence electrons. The van der Waals surface area contributed by atoms with E-state index < -0.39 is 0 Å².